The fourth-order valence-corrected chi connectivity index (χ4v) is 8.72. The molecule has 0 aliphatic heterocycles. The molecule has 0 saturated heterocycles. The fraction of sp³-hybridized carbons (Fsp3) is 0.810. The van der Waals surface area contributed by atoms with Gasteiger partial charge in [-0.15, -0.1) is 0 Å². The summed E-state index contributed by atoms with van der Waals surface area (Å²) in [5, 5.41) is 9.79. The highest BCUT2D eigenvalue weighted by Crippen LogP contribution is 2.43. The monoisotopic (exact) mass is 1010 g/mol. The highest BCUT2D eigenvalue weighted by atomic mass is 31.2. The molecule has 3 atom stereocenters. The second-order valence-corrected chi connectivity index (χ2v) is 20.5. The van der Waals surface area contributed by atoms with Gasteiger partial charge in [0.2, 0.25) is 0 Å². The van der Waals surface area contributed by atoms with Gasteiger partial charge in [0, 0.05) is 19.3 Å². The molecule has 0 aliphatic carbocycles. The van der Waals surface area contributed by atoms with Crippen LogP contribution in [0.25, 0.3) is 0 Å². The number of aliphatic hydroxyl groups excluding tert-OH is 1. The van der Waals surface area contributed by atoms with Gasteiger partial charge >= 0.3 is 25.7 Å². The largest absolute Gasteiger partial charge is 0.472 e. The Labute approximate surface area is 428 Å². The molecule has 0 radical (unpaired) electrons. The molecule has 11 nitrogen and oxygen atoms in total. The van der Waals surface area contributed by atoms with Crippen LogP contribution in [-0.2, 0) is 42.2 Å². The third-order valence-corrected chi connectivity index (χ3v) is 13.2. The van der Waals surface area contributed by atoms with E-state index in [0.717, 1.165) is 77.0 Å². The number of carbonyl (C=O) groups excluding carboxylic acids is 3. The third-order valence-electron chi connectivity index (χ3n) is 12.3. The van der Waals surface area contributed by atoms with Crippen LogP contribution in [0.15, 0.2) is 48.6 Å². The summed E-state index contributed by atoms with van der Waals surface area (Å²) in [7, 11) is -4.75. The summed E-state index contributed by atoms with van der Waals surface area (Å²) in [5.74, 6) is -1.49. The number of hydrogen-bond acceptors (Lipinski definition) is 10. The van der Waals surface area contributed by atoms with Gasteiger partial charge in [-0.25, -0.2) is 4.57 Å². The second kappa shape index (κ2) is 52.8. The summed E-state index contributed by atoms with van der Waals surface area (Å²) in [5.41, 5.74) is 0. The summed E-state index contributed by atoms with van der Waals surface area (Å²) in [6.45, 7) is 4.51. The van der Waals surface area contributed by atoms with Crippen molar-refractivity contribution in [1.29, 1.82) is 0 Å². The number of aliphatic hydroxyl groups is 1. The Bertz CT molecular complexity index is 1360. The first-order chi connectivity index (χ1) is 34.2. The molecule has 408 valence electrons. The first-order valence-electron chi connectivity index (χ1n) is 28.5. The quantitative estimate of drug-likeness (QED) is 0.0197. The molecule has 0 aromatic rings. The van der Waals surface area contributed by atoms with Crippen molar-refractivity contribution in [3.8, 4) is 0 Å². The van der Waals surface area contributed by atoms with E-state index < -0.39 is 57.8 Å². The lowest BCUT2D eigenvalue weighted by Crippen LogP contribution is -2.30. The Hall–Kier alpha value is -2.56. The van der Waals surface area contributed by atoms with E-state index in [-0.39, 0.29) is 25.9 Å². The molecule has 0 fully saturated rings. The van der Waals surface area contributed by atoms with Crippen LogP contribution in [0.1, 0.15) is 265 Å². The lowest BCUT2D eigenvalue weighted by Gasteiger charge is -2.21. The molecule has 0 amide bonds. The SMILES string of the molecule is CC/C=C\C/C=C\C/C=C\C/C=C\CCCCC(=O)OC(CO)COP(=O)(O)OCC(COC(=O)CCCCCCCCCCCCC)OC(=O)CCCCCCCCCCCCCCCCCCC. The minimum atomic E-state index is -4.75. The molecule has 70 heavy (non-hydrogen) atoms. The van der Waals surface area contributed by atoms with Crippen molar-refractivity contribution in [2.45, 2.75) is 277 Å². The van der Waals surface area contributed by atoms with Gasteiger partial charge < -0.3 is 24.2 Å². The summed E-state index contributed by atoms with van der Waals surface area (Å²) >= 11 is 0. The number of unbranched alkanes of at least 4 members (excludes halogenated alkanes) is 28. The molecule has 0 saturated carbocycles. The van der Waals surface area contributed by atoms with Crippen LogP contribution < -0.4 is 0 Å². The lowest BCUT2D eigenvalue weighted by molar-refractivity contribution is -0.161. The lowest BCUT2D eigenvalue weighted by atomic mass is 10.0. The standard InChI is InChI=1S/C58H105O11P/c1-4-7-10-13-16-19-22-24-26-27-29-31-34-37-40-43-46-49-58(62)69-55(51-65-56(60)47-44-41-38-35-32-21-18-15-12-9-6-3)53-67-70(63,64)66-52-54(50-59)68-57(61)48-45-42-39-36-33-30-28-25-23-20-17-14-11-8-5-2/h8,11,17,20,25,28,33,36,54-55,59H,4-7,9-10,12-16,18-19,21-24,26-27,29-32,34-35,37-53H2,1-3H3,(H,63,64)/b11-8-,20-17-,28-25-,36-33-. The minimum Gasteiger partial charge on any atom is -0.462 e. The van der Waals surface area contributed by atoms with Crippen molar-refractivity contribution in [2.75, 3.05) is 26.4 Å². The molecule has 0 aromatic carbocycles. The molecular formula is C58H105O11P. The topological polar surface area (TPSA) is 155 Å². The number of esters is 3. The number of carbonyl (C=O) groups is 3. The molecule has 0 spiro atoms. The van der Waals surface area contributed by atoms with Crippen molar-refractivity contribution < 1.29 is 52.2 Å². The van der Waals surface area contributed by atoms with Crippen LogP contribution >= 0.6 is 7.82 Å². The highest BCUT2D eigenvalue weighted by Gasteiger charge is 2.28. The van der Waals surface area contributed by atoms with Gasteiger partial charge in [0.05, 0.1) is 19.8 Å². The van der Waals surface area contributed by atoms with E-state index in [0.29, 0.717) is 19.3 Å². The van der Waals surface area contributed by atoms with Crippen LogP contribution in [0.5, 0.6) is 0 Å². The van der Waals surface area contributed by atoms with E-state index in [2.05, 4.69) is 69.4 Å². The number of hydrogen-bond donors (Lipinski definition) is 2. The number of allylic oxidation sites excluding steroid dienone is 8. The van der Waals surface area contributed by atoms with Crippen molar-refractivity contribution >= 4 is 25.7 Å². The fourth-order valence-electron chi connectivity index (χ4n) is 7.94. The van der Waals surface area contributed by atoms with E-state index in [9.17, 15) is 28.9 Å². The van der Waals surface area contributed by atoms with Gasteiger partial charge in [0.1, 0.15) is 12.7 Å². The van der Waals surface area contributed by atoms with Gasteiger partial charge in [-0.3, -0.25) is 23.4 Å². The minimum absolute atomic E-state index is 0.127. The number of phosphoric acid groups is 1. The Morgan fingerprint density at radius 2 is 0.743 bits per heavy atom. The van der Waals surface area contributed by atoms with Gasteiger partial charge in [0.15, 0.2) is 6.10 Å². The maximum atomic E-state index is 12.9. The molecule has 0 rings (SSSR count). The Balaban J connectivity index is 4.70. The van der Waals surface area contributed by atoms with E-state index in [1.165, 1.54) is 128 Å². The molecule has 3 unspecified atom stereocenters. The molecule has 0 aliphatic rings. The van der Waals surface area contributed by atoms with Gasteiger partial charge in [-0.05, 0) is 57.8 Å². The average Bonchev–Trinajstić information content (AvgIpc) is 3.35. The normalized spacial score (nSPS) is 13.7. The molecule has 12 heteroatoms. The van der Waals surface area contributed by atoms with Crippen molar-refractivity contribution in [3.63, 3.8) is 0 Å². The van der Waals surface area contributed by atoms with Crippen molar-refractivity contribution in [3.05, 3.63) is 48.6 Å². The third kappa shape index (κ3) is 50.4. The summed E-state index contributed by atoms with van der Waals surface area (Å²) in [6, 6.07) is 0. The van der Waals surface area contributed by atoms with Gasteiger partial charge in [-0.1, -0.05) is 236 Å². The summed E-state index contributed by atoms with van der Waals surface area (Å²) in [6.07, 6.45) is 55.0. The average molecular weight is 1010 g/mol. The van der Waals surface area contributed by atoms with E-state index in [4.69, 9.17) is 23.3 Å². The van der Waals surface area contributed by atoms with E-state index in [1.807, 2.05) is 0 Å². The van der Waals surface area contributed by atoms with Crippen LogP contribution in [0.2, 0.25) is 0 Å². The van der Waals surface area contributed by atoms with E-state index in [1.54, 1.807) is 0 Å². The Kier molecular flexibility index (Phi) is 50.8. The Morgan fingerprint density at radius 1 is 0.414 bits per heavy atom. The van der Waals surface area contributed by atoms with Gasteiger partial charge in [0.25, 0.3) is 0 Å². The zero-order valence-corrected chi connectivity index (χ0v) is 45.9. The smallest absolute Gasteiger partial charge is 0.462 e. The number of rotatable bonds is 53. The zero-order chi connectivity index (χ0) is 51.3. The van der Waals surface area contributed by atoms with Crippen LogP contribution in [0.4, 0.5) is 0 Å². The van der Waals surface area contributed by atoms with Crippen molar-refractivity contribution in [1.82, 2.24) is 0 Å². The highest BCUT2D eigenvalue weighted by molar-refractivity contribution is 7.47. The maximum absolute atomic E-state index is 12.9. The maximum Gasteiger partial charge on any atom is 0.472 e. The number of ether oxygens (including phenoxy) is 3. The summed E-state index contributed by atoms with van der Waals surface area (Å²) in [4.78, 5) is 48.4. The first kappa shape index (κ1) is 67.4. The zero-order valence-electron chi connectivity index (χ0n) is 45.0. The predicted molar refractivity (Wildman–Crippen MR) is 289 cm³/mol. The predicted octanol–water partition coefficient (Wildman–Crippen LogP) is 16.6. The number of phosphoric ester groups is 1. The van der Waals surface area contributed by atoms with E-state index >= 15 is 0 Å². The first-order valence-corrected chi connectivity index (χ1v) is 30.0. The Morgan fingerprint density at radius 3 is 1.14 bits per heavy atom. The molecular weight excluding hydrogens is 904 g/mol. The molecule has 2 N–H and O–H groups in total. The van der Waals surface area contributed by atoms with Crippen LogP contribution in [0.3, 0.4) is 0 Å². The van der Waals surface area contributed by atoms with Crippen molar-refractivity contribution in [2.24, 2.45) is 0 Å². The van der Waals surface area contributed by atoms with Crippen LogP contribution in [0, 0.1) is 0 Å². The molecule has 0 aromatic heterocycles. The second-order valence-electron chi connectivity index (χ2n) is 19.1. The molecule has 0 bridgehead atoms. The van der Waals surface area contributed by atoms with Gasteiger partial charge in [-0.2, -0.15) is 0 Å². The van der Waals surface area contributed by atoms with Crippen LogP contribution in [-0.4, -0.2) is 66.5 Å². The molecule has 0 heterocycles. The summed E-state index contributed by atoms with van der Waals surface area (Å²) < 4.78 is 39.4.